The molecule has 0 bridgehead atoms. The minimum atomic E-state index is -2.31. The number of hydrogen-bond donors (Lipinski definition) is 2. The lowest BCUT2D eigenvalue weighted by Crippen LogP contribution is -2.71. The van der Waals surface area contributed by atoms with Crippen molar-refractivity contribution in [3.8, 4) is 11.5 Å². The quantitative estimate of drug-likeness (QED) is 0.286. The topological polar surface area (TPSA) is 105 Å². The van der Waals surface area contributed by atoms with Crippen LogP contribution in [0.4, 0.5) is 5.69 Å². The van der Waals surface area contributed by atoms with Gasteiger partial charge in [-0.1, -0.05) is 68.4 Å². The van der Waals surface area contributed by atoms with E-state index >= 15 is 0 Å². The van der Waals surface area contributed by atoms with Crippen molar-refractivity contribution in [2.24, 2.45) is 5.92 Å². The van der Waals surface area contributed by atoms with Crippen molar-refractivity contribution >= 4 is 29.9 Å². The first-order valence-electron chi connectivity index (χ1n) is 14.6. The lowest BCUT2D eigenvalue weighted by molar-refractivity contribution is -0.327. The van der Waals surface area contributed by atoms with E-state index in [4.69, 9.17) is 9.31 Å². The number of para-hydroxylation sites is 3. The first-order chi connectivity index (χ1) is 20.9. The van der Waals surface area contributed by atoms with Gasteiger partial charge in [-0.15, -0.1) is 0 Å². The molecule has 2 amide bonds. The summed E-state index contributed by atoms with van der Waals surface area (Å²) in [5.41, 5.74) is 3.87. The average Bonchev–Trinajstić information content (AvgIpc) is 3.36. The van der Waals surface area contributed by atoms with Crippen molar-refractivity contribution in [3.05, 3.63) is 114 Å². The van der Waals surface area contributed by atoms with Gasteiger partial charge in [-0.05, 0) is 36.1 Å². The number of nitrogens with zero attached hydrogens (tertiary/aromatic N) is 3. The number of rotatable bonds is 9. The first kappa shape index (κ1) is 28.1. The molecular weight excluding hydrogens is 541 g/mol. The van der Waals surface area contributed by atoms with Crippen LogP contribution >= 0.6 is 0 Å². The van der Waals surface area contributed by atoms with Gasteiger partial charge in [0.2, 0.25) is 5.91 Å². The maximum absolute atomic E-state index is 14.2. The average molecular weight is 575 g/mol. The lowest BCUT2D eigenvalue weighted by Gasteiger charge is -2.42. The van der Waals surface area contributed by atoms with Crippen LogP contribution in [0.25, 0.3) is 0 Å². The van der Waals surface area contributed by atoms with Gasteiger partial charge in [-0.3, -0.25) is 14.6 Å². The summed E-state index contributed by atoms with van der Waals surface area (Å²) in [5.74, 6) is 0.195. The largest absolute Gasteiger partial charge is 0.675 e. The van der Waals surface area contributed by atoms with E-state index in [0.717, 1.165) is 22.5 Å². The molecule has 3 aromatic carbocycles. The molecular formula is C33H34BN5O4. The van der Waals surface area contributed by atoms with E-state index < -0.39 is 24.6 Å². The molecule has 0 fully saturated rings. The fourth-order valence-corrected chi connectivity index (χ4v) is 6.07. The van der Waals surface area contributed by atoms with E-state index in [2.05, 4.69) is 45.9 Å². The Labute approximate surface area is 251 Å². The standard InChI is InChI=1S/C33H34BN5O4/c1-22(2)19-31(34-39(28-14-8-10-16-30(28)43-34)23(3)25-13-7-9-15-29(25)42-34)38-32(40)26(20-24-11-5-4-6-12-24)37-33(41)27-21-35-17-18-36-27/h4-18,21-22,26,31H,19-20H2,1-3H3,(H,37,41)(H,38,40)/t26-,31+,34?/m1/s1. The van der Waals surface area contributed by atoms with Crippen molar-refractivity contribution in [2.75, 3.05) is 0 Å². The number of aromatic nitrogens is 2. The molecule has 10 heteroatoms. The second kappa shape index (κ2) is 11.7. The molecule has 3 atom stereocenters. The van der Waals surface area contributed by atoms with Crippen molar-refractivity contribution in [3.63, 3.8) is 0 Å². The summed E-state index contributed by atoms with van der Waals surface area (Å²) >= 11 is 0. The van der Waals surface area contributed by atoms with Crippen molar-refractivity contribution in [1.29, 1.82) is 0 Å². The van der Waals surface area contributed by atoms with E-state index in [-0.39, 0.29) is 23.9 Å². The molecule has 0 radical (unpaired) electrons. The predicted molar refractivity (Wildman–Crippen MR) is 164 cm³/mol. The Hall–Kier alpha value is -4.99. The van der Waals surface area contributed by atoms with Crippen LogP contribution in [0.1, 0.15) is 48.8 Å². The highest BCUT2D eigenvalue weighted by atomic mass is 16.6. The number of carbonyl (C=O) groups is 2. The van der Waals surface area contributed by atoms with Gasteiger partial charge in [0.15, 0.2) is 5.69 Å². The van der Waals surface area contributed by atoms with Gasteiger partial charge >= 0.3 is 6.69 Å². The molecule has 0 saturated carbocycles. The van der Waals surface area contributed by atoms with Gasteiger partial charge in [0.25, 0.3) is 5.91 Å². The summed E-state index contributed by atoms with van der Waals surface area (Å²) in [4.78, 5) is 35.5. The molecule has 2 N–H and O–H groups in total. The zero-order chi connectivity index (χ0) is 30.0. The molecule has 9 nitrogen and oxygen atoms in total. The summed E-state index contributed by atoms with van der Waals surface area (Å²) < 4.78 is 15.7. The maximum atomic E-state index is 14.2. The third-order valence-corrected chi connectivity index (χ3v) is 7.98. The molecule has 218 valence electrons. The second-order valence-corrected chi connectivity index (χ2v) is 11.4. The molecule has 43 heavy (non-hydrogen) atoms. The smallest absolute Gasteiger partial charge is 0.621 e. The number of amides is 2. The maximum Gasteiger partial charge on any atom is 0.675 e. The van der Waals surface area contributed by atoms with Crippen LogP contribution in [-0.2, 0) is 11.2 Å². The molecule has 0 spiro atoms. The summed E-state index contributed by atoms with van der Waals surface area (Å²) in [6.45, 7) is 3.95. The molecule has 2 aliphatic rings. The first-order valence-corrected chi connectivity index (χ1v) is 14.6. The highest BCUT2D eigenvalue weighted by Crippen LogP contribution is 2.45. The molecule has 1 unspecified atom stereocenters. The van der Waals surface area contributed by atoms with Crippen molar-refractivity contribution in [2.45, 2.75) is 45.6 Å². The van der Waals surface area contributed by atoms with Gasteiger partial charge in [0.05, 0.1) is 23.5 Å². The van der Waals surface area contributed by atoms with Crippen LogP contribution in [0, 0.1) is 5.92 Å². The Morgan fingerprint density at radius 1 is 0.884 bits per heavy atom. The van der Waals surface area contributed by atoms with Gasteiger partial charge in [0.1, 0.15) is 23.2 Å². The highest BCUT2D eigenvalue weighted by Gasteiger charge is 2.63. The Bertz CT molecular complexity index is 1680. The number of benzene rings is 3. The fraction of sp³-hybridized carbons (Fsp3) is 0.242. The molecule has 1 aromatic heterocycles. The Morgan fingerprint density at radius 2 is 1.58 bits per heavy atom. The molecule has 4 aromatic rings. The SMILES string of the molecule is CC1=[N+]2c3ccccc3O[B-]2([C@H](CC(C)C)NC(=O)[C@@H](Cc2ccccc2)NC(=O)c2cnccn2)Oc2ccccc21. The fourth-order valence-electron chi connectivity index (χ4n) is 6.07. The minimum absolute atomic E-state index is 0.133. The number of hydrogen-bond acceptors (Lipinski definition) is 6. The summed E-state index contributed by atoms with van der Waals surface area (Å²) in [7, 11) is 0. The number of nitrogens with one attached hydrogen (secondary N) is 2. The third-order valence-electron chi connectivity index (χ3n) is 7.98. The normalized spacial score (nSPS) is 18.0. The van der Waals surface area contributed by atoms with E-state index in [1.165, 1.54) is 18.6 Å². The molecule has 0 aliphatic carbocycles. The monoisotopic (exact) mass is 575 g/mol. The van der Waals surface area contributed by atoms with Crippen molar-refractivity contribution < 1.29 is 23.4 Å². The highest BCUT2D eigenvalue weighted by molar-refractivity contribution is 6.65. The molecule has 2 aliphatic heterocycles. The van der Waals surface area contributed by atoms with E-state index in [0.29, 0.717) is 17.9 Å². The van der Waals surface area contributed by atoms with Crippen LogP contribution in [-0.4, -0.2) is 50.7 Å². The van der Waals surface area contributed by atoms with Crippen LogP contribution in [0.15, 0.2) is 97.5 Å². The molecule has 6 rings (SSSR count). The Morgan fingerprint density at radius 3 is 2.33 bits per heavy atom. The van der Waals surface area contributed by atoms with Gasteiger partial charge in [-0.2, -0.15) is 0 Å². The summed E-state index contributed by atoms with van der Waals surface area (Å²) in [6, 6.07) is 24.4. The zero-order valence-corrected chi connectivity index (χ0v) is 24.4. The Kier molecular flexibility index (Phi) is 7.67. The van der Waals surface area contributed by atoms with E-state index in [1.54, 1.807) is 0 Å². The number of fused-ring (bicyclic) bond motifs is 4. The van der Waals surface area contributed by atoms with Crippen LogP contribution in [0.3, 0.4) is 0 Å². The van der Waals surface area contributed by atoms with E-state index in [9.17, 15) is 9.59 Å². The van der Waals surface area contributed by atoms with Gasteiger partial charge in [-0.25, -0.2) is 4.98 Å². The Balaban J connectivity index is 1.38. The molecule has 3 heterocycles. The zero-order valence-electron chi connectivity index (χ0n) is 24.4. The lowest BCUT2D eigenvalue weighted by atomic mass is 9.58. The third kappa shape index (κ3) is 5.48. The van der Waals surface area contributed by atoms with Gasteiger partial charge < -0.3 is 24.4 Å². The van der Waals surface area contributed by atoms with Crippen LogP contribution in [0.5, 0.6) is 11.5 Å². The number of carbonyl (C=O) groups excluding carboxylic acids is 2. The van der Waals surface area contributed by atoms with E-state index in [1.807, 2.05) is 78.9 Å². The second-order valence-electron chi connectivity index (χ2n) is 11.4. The summed E-state index contributed by atoms with van der Waals surface area (Å²) in [5, 5.41) is 6.17. The minimum Gasteiger partial charge on any atom is -0.621 e. The van der Waals surface area contributed by atoms with Crippen molar-refractivity contribution in [1.82, 2.24) is 20.6 Å². The summed E-state index contributed by atoms with van der Waals surface area (Å²) in [6.07, 6.45) is 5.18. The van der Waals surface area contributed by atoms with Crippen LogP contribution in [0.2, 0.25) is 0 Å². The van der Waals surface area contributed by atoms with Crippen LogP contribution < -0.4 is 19.9 Å². The van der Waals surface area contributed by atoms with Gasteiger partial charge in [0, 0.05) is 31.8 Å². The molecule has 0 saturated heterocycles. The predicted octanol–water partition coefficient (Wildman–Crippen LogP) is 4.46.